The summed E-state index contributed by atoms with van der Waals surface area (Å²) in [7, 11) is 1.56. The van der Waals surface area contributed by atoms with Crippen LogP contribution in [0.4, 0.5) is 0 Å². The Morgan fingerprint density at radius 2 is 2.31 bits per heavy atom. The zero-order valence-electron chi connectivity index (χ0n) is 9.00. The first-order chi connectivity index (χ1) is 7.63. The number of rotatable bonds is 6. The number of nitrogens with one attached hydrogen (secondary N) is 1. The van der Waals surface area contributed by atoms with Gasteiger partial charge in [0.15, 0.2) is 0 Å². The first kappa shape index (κ1) is 12.8. The maximum absolute atomic E-state index is 10.2. The quantitative estimate of drug-likeness (QED) is 0.745. The van der Waals surface area contributed by atoms with Crippen molar-refractivity contribution in [2.45, 2.75) is 6.42 Å². The summed E-state index contributed by atoms with van der Waals surface area (Å²) in [5.41, 5.74) is 1.05. The Bertz CT molecular complexity index is 368. The van der Waals surface area contributed by atoms with Crippen molar-refractivity contribution in [1.82, 2.24) is 5.32 Å². The summed E-state index contributed by atoms with van der Waals surface area (Å²) in [6, 6.07) is 5.53. The monoisotopic (exact) mass is 243 g/mol. The molecule has 16 heavy (non-hydrogen) atoms. The van der Waals surface area contributed by atoms with Crippen LogP contribution in [0, 0.1) is 0 Å². The highest BCUT2D eigenvalue weighted by molar-refractivity contribution is 6.32. The van der Waals surface area contributed by atoms with Gasteiger partial charge >= 0.3 is 5.97 Å². The molecule has 0 saturated carbocycles. The molecule has 0 aliphatic carbocycles. The normalized spacial score (nSPS) is 10.1. The number of carbonyl (C=O) groups is 1. The number of hydrogen-bond donors (Lipinski definition) is 2. The average Bonchev–Trinajstić information content (AvgIpc) is 2.24. The Labute approximate surface area is 99.2 Å². The second-order valence-electron chi connectivity index (χ2n) is 3.29. The molecule has 0 aliphatic rings. The molecule has 0 atom stereocenters. The number of benzene rings is 1. The summed E-state index contributed by atoms with van der Waals surface area (Å²) in [5.74, 6) is -0.211. The molecule has 0 radical (unpaired) electrons. The maximum Gasteiger partial charge on any atom is 0.317 e. The van der Waals surface area contributed by atoms with Gasteiger partial charge in [-0.15, -0.1) is 0 Å². The molecule has 0 fully saturated rings. The molecule has 0 amide bonds. The summed E-state index contributed by atoms with van der Waals surface area (Å²) in [4.78, 5) is 10.2. The molecular weight excluding hydrogens is 230 g/mol. The van der Waals surface area contributed by atoms with Gasteiger partial charge in [-0.05, 0) is 30.7 Å². The summed E-state index contributed by atoms with van der Waals surface area (Å²) in [6.45, 7) is 0.582. The van der Waals surface area contributed by atoms with Crippen LogP contribution in [0.2, 0.25) is 5.02 Å². The van der Waals surface area contributed by atoms with Crippen molar-refractivity contribution in [3.63, 3.8) is 0 Å². The number of methoxy groups -OCH3 is 1. The van der Waals surface area contributed by atoms with Gasteiger partial charge < -0.3 is 15.2 Å². The molecule has 0 spiro atoms. The van der Waals surface area contributed by atoms with Gasteiger partial charge in [-0.3, -0.25) is 4.79 Å². The third-order valence-electron chi connectivity index (χ3n) is 2.08. The molecule has 0 aliphatic heterocycles. The van der Waals surface area contributed by atoms with Gasteiger partial charge in [0, 0.05) is 0 Å². The Balaban J connectivity index is 2.43. The van der Waals surface area contributed by atoms with Gasteiger partial charge in [0.25, 0.3) is 0 Å². The fourth-order valence-electron chi connectivity index (χ4n) is 1.29. The third kappa shape index (κ3) is 4.08. The minimum absolute atomic E-state index is 0.0239. The van der Waals surface area contributed by atoms with E-state index in [-0.39, 0.29) is 6.54 Å². The van der Waals surface area contributed by atoms with Crippen molar-refractivity contribution in [3.05, 3.63) is 28.8 Å². The molecule has 1 rings (SSSR count). The molecule has 0 bridgehead atoms. The van der Waals surface area contributed by atoms with Gasteiger partial charge in [0.05, 0.1) is 18.7 Å². The van der Waals surface area contributed by atoms with E-state index in [9.17, 15) is 4.79 Å². The lowest BCUT2D eigenvalue weighted by Crippen LogP contribution is -2.24. The largest absolute Gasteiger partial charge is 0.495 e. The molecule has 1 aromatic rings. The predicted molar refractivity (Wildman–Crippen MR) is 62.2 cm³/mol. The van der Waals surface area contributed by atoms with E-state index < -0.39 is 5.97 Å². The minimum atomic E-state index is -0.854. The van der Waals surface area contributed by atoms with E-state index in [1.807, 2.05) is 12.1 Å². The van der Waals surface area contributed by atoms with E-state index in [0.717, 1.165) is 12.0 Å². The number of carboxylic acid groups (broad SMARTS) is 1. The van der Waals surface area contributed by atoms with Crippen LogP contribution in [-0.4, -0.2) is 31.3 Å². The van der Waals surface area contributed by atoms with Crippen LogP contribution >= 0.6 is 11.6 Å². The molecule has 1 aromatic carbocycles. The summed E-state index contributed by atoms with van der Waals surface area (Å²) in [5, 5.41) is 11.8. The Morgan fingerprint density at radius 3 is 2.88 bits per heavy atom. The fourth-order valence-corrected chi connectivity index (χ4v) is 1.57. The van der Waals surface area contributed by atoms with Crippen LogP contribution in [0.1, 0.15) is 5.56 Å². The van der Waals surface area contributed by atoms with Crippen LogP contribution < -0.4 is 10.1 Å². The first-order valence-electron chi connectivity index (χ1n) is 4.88. The number of carboxylic acids is 1. The number of halogens is 1. The summed E-state index contributed by atoms with van der Waals surface area (Å²) >= 11 is 5.95. The van der Waals surface area contributed by atoms with Gasteiger partial charge in [-0.2, -0.15) is 0 Å². The topological polar surface area (TPSA) is 58.6 Å². The average molecular weight is 244 g/mol. The van der Waals surface area contributed by atoms with Crippen molar-refractivity contribution in [2.75, 3.05) is 20.2 Å². The lowest BCUT2D eigenvalue weighted by Gasteiger charge is -2.06. The van der Waals surface area contributed by atoms with Crippen LogP contribution in [0.25, 0.3) is 0 Å². The molecule has 0 heterocycles. The molecule has 0 unspecified atom stereocenters. The van der Waals surface area contributed by atoms with Crippen molar-refractivity contribution >= 4 is 17.6 Å². The molecule has 88 valence electrons. The van der Waals surface area contributed by atoms with E-state index in [4.69, 9.17) is 21.4 Å². The number of aliphatic carboxylic acids is 1. The zero-order valence-corrected chi connectivity index (χ0v) is 9.75. The van der Waals surface area contributed by atoms with E-state index >= 15 is 0 Å². The SMILES string of the molecule is COc1ccc(CCNCC(=O)O)cc1Cl. The molecule has 5 heteroatoms. The fraction of sp³-hybridized carbons (Fsp3) is 0.364. The number of hydrogen-bond acceptors (Lipinski definition) is 3. The summed E-state index contributed by atoms with van der Waals surface area (Å²) in [6.07, 6.45) is 0.733. The van der Waals surface area contributed by atoms with Crippen molar-refractivity contribution < 1.29 is 14.6 Å². The Kier molecular flexibility index (Phi) is 5.08. The molecule has 0 saturated heterocycles. The van der Waals surface area contributed by atoms with Gasteiger partial charge in [-0.25, -0.2) is 0 Å². The van der Waals surface area contributed by atoms with E-state index in [0.29, 0.717) is 17.3 Å². The highest BCUT2D eigenvalue weighted by Gasteiger charge is 2.02. The minimum Gasteiger partial charge on any atom is -0.495 e. The zero-order chi connectivity index (χ0) is 12.0. The van der Waals surface area contributed by atoms with Gasteiger partial charge in [0.2, 0.25) is 0 Å². The maximum atomic E-state index is 10.2. The van der Waals surface area contributed by atoms with Crippen LogP contribution in [0.5, 0.6) is 5.75 Å². The van der Waals surface area contributed by atoms with Gasteiger partial charge in [-0.1, -0.05) is 17.7 Å². The van der Waals surface area contributed by atoms with Crippen LogP contribution in [0.15, 0.2) is 18.2 Å². The Morgan fingerprint density at radius 1 is 1.56 bits per heavy atom. The molecule has 2 N–H and O–H groups in total. The van der Waals surface area contributed by atoms with Crippen molar-refractivity contribution in [1.29, 1.82) is 0 Å². The molecule has 4 nitrogen and oxygen atoms in total. The smallest absolute Gasteiger partial charge is 0.317 e. The van der Waals surface area contributed by atoms with E-state index in [1.165, 1.54) is 0 Å². The second-order valence-corrected chi connectivity index (χ2v) is 3.70. The highest BCUT2D eigenvalue weighted by atomic mass is 35.5. The van der Waals surface area contributed by atoms with Crippen LogP contribution in [-0.2, 0) is 11.2 Å². The molecular formula is C11H14ClNO3. The Hall–Kier alpha value is -1.26. The number of ether oxygens (including phenoxy) is 1. The lowest BCUT2D eigenvalue weighted by atomic mass is 10.1. The first-order valence-corrected chi connectivity index (χ1v) is 5.26. The second kappa shape index (κ2) is 6.35. The molecule has 0 aromatic heterocycles. The summed E-state index contributed by atoms with van der Waals surface area (Å²) < 4.78 is 5.03. The van der Waals surface area contributed by atoms with Crippen molar-refractivity contribution in [2.24, 2.45) is 0 Å². The predicted octanol–water partition coefficient (Wildman–Crippen LogP) is 1.57. The standard InChI is InChI=1S/C11H14ClNO3/c1-16-10-3-2-8(6-9(10)12)4-5-13-7-11(14)15/h2-3,6,13H,4-5,7H2,1H3,(H,14,15). The van der Waals surface area contributed by atoms with E-state index in [2.05, 4.69) is 5.32 Å². The van der Waals surface area contributed by atoms with Crippen LogP contribution in [0.3, 0.4) is 0 Å². The lowest BCUT2D eigenvalue weighted by molar-refractivity contribution is -0.135. The van der Waals surface area contributed by atoms with Gasteiger partial charge in [0.1, 0.15) is 5.75 Å². The van der Waals surface area contributed by atoms with E-state index in [1.54, 1.807) is 13.2 Å². The van der Waals surface area contributed by atoms with Crippen molar-refractivity contribution in [3.8, 4) is 5.75 Å². The third-order valence-corrected chi connectivity index (χ3v) is 2.38. The highest BCUT2D eigenvalue weighted by Crippen LogP contribution is 2.24.